The zero-order chi connectivity index (χ0) is 17.2. The molecule has 1 aliphatic heterocycles. The predicted octanol–water partition coefficient (Wildman–Crippen LogP) is 1.94. The van der Waals surface area contributed by atoms with Crippen molar-refractivity contribution < 1.29 is 9.63 Å². The van der Waals surface area contributed by atoms with Crippen molar-refractivity contribution in [2.75, 3.05) is 18.0 Å². The Bertz CT molecular complexity index is 835. The van der Waals surface area contributed by atoms with Crippen LogP contribution in [0, 0.1) is 0 Å². The molecule has 0 amide bonds. The number of aliphatic hydroxyl groups is 1. The Labute approximate surface area is 145 Å². The van der Waals surface area contributed by atoms with Gasteiger partial charge in [0.15, 0.2) is 6.10 Å². The Hall–Kier alpha value is -2.74. The molecule has 0 aromatic carbocycles. The van der Waals surface area contributed by atoms with E-state index in [0.717, 1.165) is 24.5 Å². The highest BCUT2D eigenvalue weighted by Gasteiger charge is 2.20. The first-order chi connectivity index (χ1) is 12.2. The van der Waals surface area contributed by atoms with Gasteiger partial charge in [0.05, 0.1) is 6.20 Å². The van der Waals surface area contributed by atoms with Crippen LogP contribution in [0.15, 0.2) is 35.2 Å². The minimum atomic E-state index is -0.990. The first-order valence-electron chi connectivity index (χ1n) is 8.42. The highest BCUT2D eigenvalue weighted by Crippen LogP contribution is 2.24. The molecule has 8 heteroatoms. The number of anilines is 1. The maximum Gasteiger partial charge on any atom is 0.260 e. The molecule has 0 bridgehead atoms. The van der Waals surface area contributed by atoms with E-state index >= 15 is 0 Å². The average Bonchev–Trinajstić information content (AvgIpc) is 3.31. The Morgan fingerprint density at radius 3 is 2.68 bits per heavy atom. The fourth-order valence-electron chi connectivity index (χ4n) is 3.02. The van der Waals surface area contributed by atoms with Crippen molar-refractivity contribution in [3.8, 4) is 11.4 Å². The number of hydrogen-bond acceptors (Lipinski definition) is 7. The molecule has 3 aromatic rings. The van der Waals surface area contributed by atoms with Gasteiger partial charge in [-0.15, -0.1) is 0 Å². The molecule has 1 saturated heterocycles. The van der Waals surface area contributed by atoms with Crippen molar-refractivity contribution in [1.29, 1.82) is 0 Å². The lowest BCUT2D eigenvalue weighted by molar-refractivity contribution is 0.170. The number of aromatic nitrogens is 5. The van der Waals surface area contributed by atoms with Gasteiger partial charge < -0.3 is 14.5 Å². The van der Waals surface area contributed by atoms with Crippen LogP contribution >= 0.6 is 0 Å². The van der Waals surface area contributed by atoms with Crippen molar-refractivity contribution in [2.24, 2.45) is 7.05 Å². The minimum Gasteiger partial charge on any atom is -0.378 e. The van der Waals surface area contributed by atoms with Crippen molar-refractivity contribution in [3.05, 3.63) is 42.2 Å². The molecular formula is C17H20N6O2. The minimum absolute atomic E-state index is 0.142. The van der Waals surface area contributed by atoms with Gasteiger partial charge in [-0.05, 0) is 31.4 Å². The van der Waals surface area contributed by atoms with Crippen LogP contribution in [-0.4, -0.2) is 43.1 Å². The third kappa shape index (κ3) is 3.25. The Morgan fingerprint density at radius 1 is 1.16 bits per heavy atom. The molecule has 1 N–H and O–H groups in total. The van der Waals surface area contributed by atoms with E-state index in [-0.39, 0.29) is 5.89 Å². The van der Waals surface area contributed by atoms with Crippen LogP contribution in [0.2, 0.25) is 0 Å². The zero-order valence-corrected chi connectivity index (χ0v) is 14.0. The van der Waals surface area contributed by atoms with E-state index in [1.165, 1.54) is 19.3 Å². The average molecular weight is 340 g/mol. The van der Waals surface area contributed by atoms with Gasteiger partial charge in [0.2, 0.25) is 5.82 Å². The molecule has 0 aliphatic carbocycles. The van der Waals surface area contributed by atoms with E-state index < -0.39 is 6.10 Å². The molecule has 1 fully saturated rings. The maximum absolute atomic E-state index is 10.3. The molecule has 130 valence electrons. The van der Waals surface area contributed by atoms with Crippen LogP contribution in [0.1, 0.15) is 36.8 Å². The molecule has 1 unspecified atom stereocenters. The van der Waals surface area contributed by atoms with Crippen LogP contribution in [0.4, 0.5) is 5.82 Å². The first-order valence-corrected chi connectivity index (χ1v) is 8.42. The van der Waals surface area contributed by atoms with Gasteiger partial charge in [-0.2, -0.15) is 10.1 Å². The van der Waals surface area contributed by atoms with Crippen molar-refractivity contribution >= 4 is 5.82 Å². The van der Waals surface area contributed by atoms with Crippen molar-refractivity contribution in [2.45, 2.75) is 25.4 Å². The Kier molecular flexibility index (Phi) is 4.19. The second-order valence-electron chi connectivity index (χ2n) is 6.26. The monoisotopic (exact) mass is 340 g/mol. The third-order valence-electron chi connectivity index (χ3n) is 4.40. The van der Waals surface area contributed by atoms with Crippen LogP contribution in [0.5, 0.6) is 0 Å². The summed E-state index contributed by atoms with van der Waals surface area (Å²) in [4.78, 5) is 11.1. The summed E-state index contributed by atoms with van der Waals surface area (Å²) in [6, 6.07) is 3.91. The number of rotatable bonds is 4. The zero-order valence-electron chi connectivity index (χ0n) is 14.0. The molecule has 25 heavy (non-hydrogen) atoms. The molecule has 1 aliphatic rings. The summed E-state index contributed by atoms with van der Waals surface area (Å²) in [5.74, 6) is 1.53. The molecule has 4 rings (SSSR count). The van der Waals surface area contributed by atoms with Crippen LogP contribution in [-0.2, 0) is 7.05 Å². The number of aryl methyl sites for hydroxylation is 1. The van der Waals surface area contributed by atoms with Gasteiger partial charge in [0.25, 0.3) is 5.89 Å². The van der Waals surface area contributed by atoms with Gasteiger partial charge in [-0.25, -0.2) is 4.98 Å². The normalized spacial score (nSPS) is 16.2. The number of pyridine rings is 1. The summed E-state index contributed by atoms with van der Waals surface area (Å²) in [5.41, 5.74) is 1.37. The van der Waals surface area contributed by atoms with E-state index in [9.17, 15) is 5.11 Å². The first kappa shape index (κ1) is 15.8. The Balaban J connectivity index is 1.51. The summed E-state index contributed by atoms with van der Waals surface area (Å²) >= 11 is 0. The van der Waals surface area contributed by atoms with Crippen LogP contribution in [0.25, 0.3) is 11.4 Å². The molecule has 0 saturated carbocycles. The van der Waals surface area contributed by atoms with Gasteiger partial charge in [0, 0.05) is 43.7 Å². The molecule has 8 nitrogen and oxygen atoms in total. The van der Waals surface area contributed by atoms with Gasteiger partial charge in [-0.3, -0.25) is 4.68 Å². The fraction of sp³-hybridized carbons (Fsp3) is 0.412. The standard InChI is InChI=1S/C17H20N6O2/c1-22-11-13(10-19-22)15(24)17-20-16(21-25-17)12-5-6-14(18-9-12)23-7-3-2-4-8-23/h5-6,9-11,15,24H,2-4,7-8H2,1H3. The van der Waals surface area contributed by atoms with E-state index in [0.29, 0.717) is 11.4 Å². The highest BCUT2D eigenvalue weighted by atomic mass is 16.5. The quantitative estimate of drug-likeness (QED) is 0.775. The van der Waals surface area contributed by atoms with E-state index in [1.54, 1.807) is 30.3 Å². The maximum atomic E-state index is 10.3. The molecular weight excluding hydrogens is 320 g/mol. The predicted molar refractivity (Wildman–Crippen MR) is 90.9 cm³/mol. The molecule has 1 atom stereocenters. The number of piperidine rings is 1. The second kappa shape index (κ2) is 6.64. The summed E-state index contributed by atoms with van der Waals surface area (Å²) in [6.45, 7) is 2.10. The third-order valence-corrected chi connectivity index (χ3v) is 4.40. The summed E-state index contributed by atoms with van der Waals surface area (Å²) in [6.07, 6.45) is 7.76. The number of hydrogen-bond donors (Lipinski definition) is 1. The molecule has 0 spiro atoms. The lowest BCUT2D eigenvalue weighted by Crippen LogP contribution is -2.29. The topological polar surface area (TPSA) is 93.1 Å². The van der Waals surface area contributed by atoms with Crippen molar-refractivity contribution in [3.63, 3.8) is 0 Å². The highest BCUT2D eigenvalue weighted by molar-refractivity contribution is 5.56. The van der Waals surface area contributed by atoms with Crippen LogP contribution < -0.4 is 4.90 Å². The van der Waals surface area contributed by atoms with Gasteiger partial charge in [0.1, 0.15) is 5.82 Å². The van der Waals surface area contributed by atoms with E-state index in [1.807, 2.05) is 12.1 Å². The number of aliphatic hydroxyl groups excluding tert-OH is 1. The van der Waals surface area contributed by atoms with E-state index in [2.05, 4.69) is 25.1 Å². The fourth-order valence-corrected chi connectivity index (χ4v) is 3.02. The van der Waals surface area contributed by atoms with Crippen LogP contribution in [0.3, 0.4) is 0 Å². The SMILES string of the molecule is Cn1cc(C(O)c2nc(-c3ccc(N4CCCCC4)nc3)no2)cn1. The molecule has 0 radical (unpaired) electrons. The summed E-state index contributed by atoms with van der Waals surface area (Å²) in [7, 11) is 1.78. The lowest BCUT2D eigenvalue weighted by Gasteiger charge is -2.27. The Morgan fingerprint density at radius 2 is 2.00 bits per heavy atom. The molecule has 3 aromatic heterocycles. The lowest BCUT2D eigenvalue weighted by atomic mass is 10.1. The second-order valence-corrected chi connectivity index (χ2v) is 6.26. The smallest absolute Gasteiger partial charge is 0.260 e. The van der Waals surface area contributed by atoms with Crippen molar-refractivity contribution in [1.82, 2.24) is 24.9 Å². The summed E-state index contributed by atoms with van der Waals surface area (Å²) < 4.78 is 6.81. The largest absolute Gasteiger partial charge is 0.378 e. The van der Waals surface area contributed by atoms with Gasteiger partial charge in [-0.1, -0.05) is 5.16 Å². The number of nitrogens with zero attached hydrogens (tertiary/aromatic N) is 6. The summed E-state index contributed by atoms with van der Waals surface area (Å²) in [5, 5.41) is 18.3. The van der Waals surface area contributed by atoms with E-state index in [4.69, 9.17) is 4.52 Å². The molecule has 4 heterocycles. The van der Waals surface area contributed by atoms with Gasteiger partial charge >= 0.3 is 0 Å².